The number of Topliss-reactive ketones (excluding diaryl/α,β-unsaturated/α-hetero) is 1. The van der Waals surface area contributed by atoms with Gasteiger partial charge in [-0.1, -0.05) is 20.8 Å². The van der Waals surface area contributed by atoms with Crippen molar-refractivity contribution in [1.82, 2.24) is 0 Å². The standard InChI is InChI=1S/C17H30O2/c1-11(2)17(19)9-12(3)7-16(10-17)15-6-5-14(8-15)13(4)18/h11-12,14-16,19H,5-10H2,1-4H3/t12?,14-,15+,16-,17-/m0/s1. The molecule has 0 aliphatic heterocycles. The molecule has 5 atom stereocenters. The van der Waals surface area contributed by atoms with Crippen LogP contribution in [0.4, 0.5) is 0 Å². The molecule has 2 aliphatic carbocycles. The predicted octanol–water partition coefficient (Wildman–Crippen LogP) is 3.82. The first-order valence-corrected chi connectivity index (χ1v) is 8.04. The molecule has 2 aliphatic rings. The van der Waals surface area contributed by atoms with Gasteiger partial charge in [0.05, 0.1) is 5.60 Å². The van der Waals surface area contributed by atoms with Crippen LogP contribution < -0.4 is 0 Å². The van der Waals surface area contributed by atoms with E-state index in [1.807, 2.05) is 0 Å². The Morgan fingerprint density at radius 3 is 2.37 bits per heavy atom. The molecule has 0 aromatic heterocycles. The minimum absolute atomic E-state index is 0.300. The summed E-state index contributed by atoms with van der Waals surface area (Å²) in [7, 11) is 0. The van der Waals surface area contributed by atoms with Crippen molar-refractivity contribution in [2.75, 3.05) is 0 Å². The Hall–Kier alpha value is -0.370. The lowest BCUT2D eigenvalue weighted by molar-refractivity contribution is -0.120. The van der Waals surface area contributed by atoms with Gasteiger partial charge in [-0.3, -0.25) is 4.79 Å². The molecule has 1 unspecified atom stereocenters. The molecule has 0 amide bonds. The van der Waals surface area contributed by atoms with Crippen LogP contribution in [0.2, 0.25) is 0 Å². The summed E-state index contributed by atoms with van der Waals surface area (Å²) in [5.41, 5.74) is -0.476. The van der Waals surface area contributed by atoms with E-state index in [1.165, 1.54) is 12.8 Å². The van der Waals surface area contributed by atoms with Crippen molar-refractivity contribution in [3.05, 3.63) is 0 Å². The SMILES string of the molecule is CC(=O)[C@H]1CC[C@@H]([C@H]2CC(C)C[C@@](O)(C(C)C)C2)C1. The highest BCUT2D eigenvalue weighted by Crippen LogP contribution is 2.48. The van der Waals surface area contributed by atoms with Crippen molar-refractivity contribution < 1.29 is 9.90 Å². The van der Waals surface area contributed by atoms with E-state index in [0.717, 1.165) is 25.7 Å². The van der Waals surface area contributed by atoms with Crippen LogP contribution in [0.5, 0.6) is 0 Å². The Labute approximate surface area is 118 Å². The molecule has 110 valence electrons. The highest BCUT2D eigenvalue weighted by molar-refractivity contribution is 5.78. The first-order chi connectivity index (χ1) is 8.82. The minimum Gasteiger partial charge on any atom is -0.390 e. The van der Waals surface area contributed by atoms with Gasteiger partial charge < -0.3 is 5.11 Å². The minimum atomic E-state index is -0.476. The van der Waals surface area contributed by atoms with Crippen molar-refractivity contribution in [3.63, 3.8) is 0 Å². The van der Waals surface area contributed by atoms with Crippen LogP contribution in [-0.2, 0) is 4.79 Å². The summed E-state index contributed by atoms with van der Waals surface area (Å²) in [6.07, 6.45) is 6.47. The number of aliphatic hydroxyl groups is 1. The molecule has 1 N–H and O–H groups in total. The quantitative estimate of drug-likeness (QED) is 0.843. The Balaban J connectivity index is 2.03. The van der Waals surface area contributed by atoms with Gasteiger partial charge in [-0.25, -0.2) is 0 Å². The van der Waals surface area contributed by atoms with Gasteiger partial charge >= 0.3 is 0 Å². The first-order valence-electron chi connectivity index (χ1n) is 8.04. The number of carbonyl (C=O) groups is 1. The van der Waals surface area contributed by atoms with E-state index >= 15 is 0 Å². The maximum Gasteiger partial charge on any atom is 0.132 e. The largest absolute Gasteiger partial charge is 0.390 e. The molecule has 19 heavy (non-hydrogen) atoms. The first kappa shape index (κ1) is 15.0. The lowest BCUT2D eigenvalue weighted by Gasteiger charge is -2.44. The molecule has 0 radical (unpaired) electrons. The van der Waals surface area contributed by atoms with Crippen LogP contribution in [0.15, 0.2) is 0 Å². The fourth-order valence-corrected chi connectivity index (χ4v) is 4.47. The Kier molecular flexibility index (Phi) is 4.39. The summed E-state index contributed by atoms with van der Waals surface area (Å²) in [4.78, 5) is 11.5. The molecule has 2 saturated carbocycles. The van der Waals surface area contributed by atoms with Crippen LogP contribution in [0, 0.1) is 29.6 Å². The van der Waals surface area contributed by atoms with Crippen LogP contribution in [0.1, 0.15) is 66.2 Å². The molecular weight excluding hydrogens is 236 g/mol. The maximum atomic E-state index is 11.5. The van der Waals surface area contributed by atoms with Gasteiger partial charge in [-0.2, -0.15) is 0 Å². The van der Waals surface area contributed by atoms with Crippen molar-refractivity contribution >= 4 is 5.78 Å². The van der Waals surface area contributed by atoms with Crippen molar-refractivity contribution in [1.29, 1.82) is 0 Å². The molecular formula is C17H30O2. The zero-order valence-electron chi connectivity index (χ0n) is 13.0. The molecule has 2 rings (SSSR count). The third-order valence-electron chi connectivity index (χ3n) is 5.81. The number of hydrogen-bond donors (Lipinski definition) is 1. The van der Waals surface area contributed by atoms with E-state index in [0.29, 0.717) is 35.4 Å². The second-order valence-corrected chi connectivity index (χ2v) is 7.65. The number of carbonyl (C=O) groups excluding carboxylic acids is 1. The smallest absolute Gasteiger partial charge is 0.132 e. The average Bonchev–Trinajstić information content (AvgIpc) is 2.76. The second kappa shape index (κ2) is 5.55. The topological polar surface area (TPSA) is 37.3 Å². The third-order valence-corrected chi connectivity index (χ3v) is 5.81. The zero-order chi connectivity index (χ0) is 14.2. The summed E-state index contributed by atoms with van der Waals surface area (Å²) in [5, 5.41) is 10.9. The van der Waals surface area contributed by atoms with Crippen LogP contribution in [-0.4, -0.2) is 16.5 Å². The van der Waals surface area contributed by atoms with E-state index in [1.54, 1.807) is 6.92 Å². The summed E-state index contributed by atoms with van der Waals surface area (Å²) in [6, 6.07) is 0. The van der Waals surface area contributed by atoms with Crippen molar-refractivity contribution in [3.8, 4) is 0 Å². The Morgan fingerprint density at radius 1 is 1.16 bits per heavy atom. The lowest BCUT2D eigenvalue weighted by Crippen LogP contribution is -2.44. The van der Waals surface area contributed by atoms with Crippen molar-refractivity contribution in [2.24, 2.45) is 29.6 Å². The van der Waals surface area contributed by atoms with Gasteiger partial charge in [0, 0.05) is 5.92 Å². The van der Waals surface area contributed by atoms with Gasteiger partial charge in [-0.05, 0) is 69.1 Å². The summed E-state index contributed by atoms with van der Waals surface area (Å²) < 4.78 is 0. The van der Waals surface area contributed by atoms with Crippen LogP contribution >= 0.6 is 0 Å². The number of ketones is 1. The highest BCUT2D eigenvalue weighted by Gasteiger charge is 2.44. The van der Waals surface area contributed by atoms with E-state index in [9.17, 15) is 9.90 Å². The van der Waals surface area contributed by atoms with Crippen LogP contribution in [0.25, 0.3) is 0 Å². The summed E-state index contributed by atoms with van der Waals surface area (Å²) in [5.74, 6) is 2.91. The average molecular weight is 266 g/mol. The fourth-order valence-electron chi connectivity index (χ4n) is 4.47. The normalized spacial score (nSPS) is 43.7. The molecule has 0 aromatic rings. The van der Waals surface area contributed by atoms with E-state index in [4.69, 9.17) is 0 Å². The van der Waals surface area contributed by atoms with Gasteiger partial charge in [0.15, 0.2) is 0 Å². The van der Waals surface area contributed by atoms with Gasteiger partial charge in [0.25, 0.3) is 0 Å². The molecule has 2 heteroatoms. The molecule has 0 bridgehead atoms. The predicted molar refractivity (Wildman–Crippen MR) is 77.8 cm³/mol. The van der Waals surface area contributed by atoms with Crippen molar-refractivity contribution in [2.45, 2.75) is 71.8 Å². The summed E-state index contributed by atoms with van der Waals surface area (Å²) in [6.45, 7) is 8.29. The lowest BCUT2D eigenvalue weighted by atomic mass is 9.65. The maximum absolute atomic E-state index is 11.5. The van der Waals surface area contributed by atoms with E-state index in [2.05, 4.69) is 20.8 Å². The highest BCUT2D eigenvalue weighted by atomic mass is 16.3. The van der Waals surface area contributed by atoms with E-state index < -0.39 is 5.60 Å². The number of rotatable bonds is 3. The summed E-state index contributed by atoms with van der Waals surface area (Å²) >= 11 is 0. The molecule has 0 aromatic carbocycles. The molecule has 2 fully saturated rings. The Morgan fingerprint density at radius 2 is 1.84 bits per heavy atom. The monoisotopic (exact) mass is 266 g/mol. The van der Waals surface area contributed by atoms with Crippen LogP contribution in [0.3, 0.4) is 0 Å². The van der Waals surface area contributed by atoms with Gasteiger partial charge in [-0.15, -0.1) is 0 Å². The Bertz CT molecular complexity index is 336. The van der Waals surface area contributed by atoms with E-state index in [-0.39, 0.29) is 0 Å². The van der Waals surface area contributed by atoms with Gasteiger partial charge in [0.1, 0.15) is 5.78 Å². The zero-order valence-corrected chi connectivity index (χ0v) is 13.0. The van der Waals surface area contributed by atoms with Gasteiger partial charge in [0.2, 0.25) is 0 Å². The number of hydrogen-bond acceptors (Lipinski definition) is 2. The second-order valence-electron chi connectivity index (χ2n) is 7.65. The third kappa shape index (κ3) is 3.21. The molecule has 0 saturated heterocycles. The molecule has 0 spiro atoms. The molecule has 0 heterocycles. The fraction of sp³-hybridized carbons (Fsp3) is 0.941. The molecule has 2 nitrogen and oxygen atoms in total.